The first-order chi connectivity index (χ1) is 10.1. The van der Waals surface area contributed by atoms with Gasteiger partial charge >= 0.3 is 12.0 Å². The van der Waals surface area contributed by atoms with E-state index in [1.165, 1.54) is 11.1 Å². The van der Waals surface area contributed by atoms with Crippen molar-refractivity contribution < 1.29 is 19.4 Å². The van der Waals surface area contributed by atoms with Gasteiger partial charge in [-0.2, -0.15) is 0 Å². The molecule has 0 aliphatic carbocycles. The maximum Gasteiger partial charge on any atom is 0.329 e. The molecule has 0 spiro atoms. The van der Waals surface area contributed by atoms with E-state index in [2.05, 4.69) is 11.4 Å². The number of hydrogen-bond donors (Lipinski definition) is 2. The van der Waals surface area contributed by atoms with Crippen molar-refractivity contribution in [3.05, 3.63) is 29.3 Å². The minimum Gasteiger partial charge on any atom is -0.480 e. The third-order valence-corrected chi connectivity index (χ3v) is 3.35. The van der Waals surface area contributed by atoms with E-state index in [0.29, 0.717) is 13.1 Å². The second kappa shape index (κ2) is 7.08. The smallest absolute Gasteiger partial charge is 0.329 e. The molecule has 0 bridgehead atoms. The lowest BCUT2D eigenvalue weighted by Crippen LogP contribution is -2.44. The predicted molar refractivity (Wildman–Crippen MR) is 78.7 cm³/mol. The van der Waals surface area contributed by atoms with Gasteiger partial charge in [-0.05, 0) is 31.4 Å². The van der Waals surface area contributed by atoms with Crippen molar-refractivity contribution in [2.45, 2.75) is 19.8 Å². The van der Waals surface area contributed by atoms with E-state index in [1.54, 1.807) is 4.90 Å². The van der Waals surface area contributed by atoms with Crippen LogP contribution in [0.15, 0.2) is 18.2 Å². The first kappa shape index (κ1) is 15.3. The number of nitrogens with zero attached hydrogens (tertiary/aromatic N) is 1. The van der Waals surface area contributed by atoms with Crippen molar-refractivity contribution in [1.29, 1.82) is 0 Å². The van der Waals surface area contributed by atoms with E-state index < -0.39 is 5.97 Å². The molecule has 0 saturated heterocycles. The molecule has 2 rings (SSSR count). The highest BCUT2D eigenvalue weighted by molar-refractivity contribution is 5.93. The summed E-state index contributed by atoms with van der Waals surface area (Å²) in [6.07, 6.45) is 1.93. The standard InChI is InChI=1S/C15H20N2O4/c1-11-4-5-13-12(9-11)3-2-7-17(13)15(20)16-6-8-21-10-14(18)19/h4-5,9H,2-3,6-8,10H2,1H3,(H,16,20)(H,18,19). The summed E-state index contributed by atoms with van der Waals surface area (Å²) in [6.45, 7) is 2.87. The lowest BCUT2D eigenvalue weighted by Gasteiger charge is -2.29. The quantitative estimate of drug-likeness (QED) is 0.807. The lowest BCUT2D eigenvalue weighted by molar-refractivity contribution is -0.142. The number of benzene rings is 1. The predicted octanol–water partition coefficient (Wildman–Crippen LogP) is 1.56. The fourth-order valence-electron chi connectivity index (χ4n) is 2.42. The topological polar surface area (TPSA) is 78.9 Å². The number of carboxylic acids is 1. The summed E-state index contributed by atoms with van der Waals surface area (Å²) in [5.74, 6) is -1.01. The van der Waals surface area contributed by atoms with Crippen LogP contribution in [0, 0.1) is 6.92 Å². The Labute approximate surface area is 123 Å². The van der Waals surface area contributed by atoms with Gasteiger partial charge in [0.2, 0.25) is 0 Å². The number of rotatable bonds is 5. The first-order valence-electron chi connectivity index (χ1n) is 7.02. The van der Waals surface area contributed by atoms with Crippen molar-refractivity contribution >= 4 is 17.7 Å². The van der Waals surface area contributed by atoms with Crippen LogP contribution in [0.3, 0.4) is 0 Å². The van der Waals surface area contributed by atoms with E-state index >= 15 is 0 Å². The summed E-state index contributed by atoms with van der Waals surface area (Å²) in [4.78, 5) is 24.2. The molecule has 2 N–H and O–H groups in total. The molecule has 2 amide bonds. The molecule has 6 heteroatoms. The van der Waals surface area contributed by atoms with Gasteiger partial charge in [-0.25, -0.2) is 9.59 Å². The molecule has 0 atom stereocenters. The highest BCUT2D eigenvalue weighted by Crippen LogP contribution is 2.27. The lowest BCUT2D eigenvalue weighted by atomic mass is 10.00. The number of aryl methyl sites for hydroxylation is 2. The first-order valence-corrected chi connectivity index (χ1v) is 7.02. The molecular formula is C15H20N2O4. The third-order valence-electron chi connectivity index (χ3n) is 3.35. The Morgan fingerprint density at radius 1 is 1.43 bits per heavy atom. The molecule has 1 aliphatic heterocycles. The molecule has 0 aromatic heterocycles. The minimum atomic E-state index is -1.01. The van der Waals surface area contributed by atoms with Crippen LogP contribution in [0.1, 0.15) is 17.5 Å². The van der Waals surface area contributed by atoms with Crippen LogP contribution >= 0.6 is 0 Å². The molecular weight excluding hydrogens is 272 g/mol. The Kier molecular flexibility index (Phi) is 5.16. The molecule has 21 heavy (non-hydrogen) atoms. The van der Waals surface area contributed by atoms with Crippen LogP contribution in [0.5, 0.6) is 0 Å². The summed E-state index contributed by atoms with van der Waals surface area (Å²) >= 11 is 0. The van der Waals surface area contributed by atoms with Gasteiger partial charge < -0.3 is 15.2 Å². The number of fused-ring (bicyclic) bond motifs is 1. The van der Waals surface area contributed by atoms with Gasteiger partial charge in [0.1, 0.15) is 6.61 Å². The van der Waals surface area contributed by atoms with Crippen LogP contribution in [0.25, 0.3) is 0 Å². The van der Waals surface area contributed by atoms with E-state index in [-0.39, 0.29) is 19.2 Å². The molecule has 0 saturated carbocycles. The van der Waals surface area contributed by atoms with Crippen molar-refractivity contribution in [2.75, 3.05) is 31.2 Å². The Hall–Kier alpha value is -2.08. The summed E-state index contributed by atoms with van der Waals surface area (Å²) in [6, 6.07) is 5.92. The average Bonchev–Trinajstić information content (AvgIpc) is 2.45. The number of amides is 2. The highest BCUT2D eigenvalue weighted by atomic mass is 16.5. The van der Waals surface area contributed by atoms with Crippen molar-refractivity contribution in [3.8, 4) is 0 Å². The number of anilines is 1. The molecule has 114 valence electrons. The number of carbonyl (C=O) groups is 2. The van der Waals surface area contributed by atoms with Gasteiger partial charge in [-0.3, -0.25) is 4.90 Å². The van der Waals surface area contributed by atoms with Crippen LogP contribution in [-0.4, -0.2) is 43.4 Å². The summed E-state index contributed by atoms with van der Waals surface area (Å²) in [7, 11) is 0. The van der Waals surface area contributed by atoms with Crippen LogP contribution < -0.4 is 10.2 Å². The zero-order valence-electron chi connectivity index (χ0n) is 12.1. The van der Waals surface area contributed by atoms with Gasteiger partial charge in [-0.1, -0.05) is 17.7 Å². The second-order valence-electron chi connectivity index (χ2n) is 5.07. The summed E-state index contributed by atoms with van der Waals surface area (Å²) in [5.41, 5.74) is 3.34. The monoisotopic (exact) mass is 292 g/mol. The van der Waals surface area contributed by atoms with E-state index in [9.17, 15) is 9.59 Å². The number of hydrogen-bond acceptors (Lipinski definition) is 3. The van der Waals surface area contributed by atoms with Gasteiger partial charge in [-0.15, -0.1) is 0 Å². The SMILES string of the molecule is Cc1ccc2c(c1)CCCN2C(=O)NCCOCC(=O)O. The number of aliphatic carboxylic acids is 1. The van der Waals surface area contributed by atoms with Crippen LogP contribution in [0.2, 0.25) is 0 Å². The Morgan fingerprint density at radius 2 is 2.24 bits per heavy atom. The second-order valence-corrected chi connectivity index (χ2v) is 5.07. The molecule has 0 unspecified atom stereocenters. The Morgan fingerprint density at radius 3 is 3.00 bits per heavy atom. The molecule has 1 aromatic carbocycles. The molecule has 6 nitrogen and oxygen atoms in total. The Balaban J connectivity index is 1.88. The highest BCUT2D eigenvalue weighted by Gasteiger charge is 2.21. The summed E-state index contributed by atoms with van der Waals surface area (Å²) < 4.78 is 4.89. The number of carbonyl (C=O) groups excluding carboxylic acids is 1. The number of nitrogens with one attached hydrogen (secondary N) is 1. The number of carboxylic acid groups (broad SMARTS) is 1. The maximum absolute atomic E-state index is 12.2. The largest absolute Gasteiger partial charge is 0.480 e. The minimum absolute atomic E-state index is 0.168. The zero-order valence-corrected chi connectivity index (χ0v) is 12.1. The fraction of sp³-hybridized carbons (Fsp3) is 0.467. The summed E-state index contributed by atoms with van der Waals surface area (Å²) in [5, 5.41) is 11.2. The molecule has 0 radical (unpaired) electrons. The number of urea groups is 1. The normalized spacial score (nSPS) is 13.7. The maximum atomic E-state index is 12.2. The van der Waals surface area contributed by atoms with Gasteiger partial charge in [0.25, 0.3) is 0 Å². The zero-order chi connectivity index (χ0) is 15.2. The van der Waals surface area contributed by atoms with Gasteiger partial charge in [0.05, 0.1) is 6.61 Å². The van der Waals surface area contributed by atoms with Crippen molar-refractivity contribution in [3.63, 3.8) is 0 Å². The fourth-order valence-corrected chi connectivity index (χ4v) is 2.42. The van der Waals surface area contributed by atoms with E-state index in [0.717, 1.165) is 18.5 Å². The van der Waals surface area contributed by atoms with Crippen molar-refractivity contribution in [2.24, 2.45) is 0 Å². The van der Waals surface area contributed by atoms with Gasteiger partial charge in [0, 0.05) is 18.8 Å². The van der Waals surface area contributed by atoms with Gasteiger partial charge in [0.15, 0.2) is 0 Å². The van der Waals surface area contributed by atoms with E-state index in [1.807, 2.05) is 19.1 Å². The molecule has 1 aromatic rings. The Bertz CT molecular complexity index is 530. The van der Waals surface area contributed by atoms with Crippen LogP contribution in [-0.2, 0) is 16.0 Å². The van der Waals surface area contributed by atoms with Crippen LogP contribution in [0.4, 0.5) is 10.5 Å². The van der Waals surface area contributed by atoms with E-state index in [4.69, 9.17) is 9.84 Å². The third kappa shape index (κ3) is 4.19. The number of ether oxygens (including phenoxy) is 1. The molecule has 1 aliphatic rings. The van der Waals surface area contributed by atoms with Crippen molar-refractivity contribution in [1.82, 2.24) is 5.32 Å². The molecule has 1 heterocycles. The molecule has 0 fully saturated rings. The average molecular weight is 292 g/mol.